The summed E-state index contributed by atoms with van der Waals surface area (Å²) in [4.78, 5) is 17.0. The number of amides is 1. The van der Waals surface area contributed by atoms with E-state index in [1.165, 1.54) is 12.8 Å². The molecule has 4 aliphatic rings. The SMILES string of the molecule is O=C1CCC[C@@H]2[C@@H]3C[C@H](CN12)[C@@H]1C[C@@H](O)CCN1C3. The average molecular weight is 264 g/mol. The van der Waals surface area contributed by atoms with Gasteiger partial charge in [0, 0.05) is 38.1 Å². The molecule has 4 rings (SSSR count). The van der Waals surface area contributed by atoms with Crippen molar-refractivity contribution in [2.75, 3.05) is 19.6 Å². The van der Waals surface area contributed by atoms with Gasteiger partial charge in [0.1, 0.15) is 0 Å². The molecule has 0 aromatic heterocycles. The van der Waals surface area contributed by atoms with Crippen LogP contribution in [0.1, 0.15) is 38.5 Å². The molecule has 4 nitrogen and oxygen atoms in total. The molecule has 4 fully saturated rings. The fraction of sp³-hybridized carbons (Fsp3) is 0.933. The zero-order chi connectivity index (χ0) is 13.0. The highest BCUT2D eigenvalue weighted by atomic mass is 16.3. The second-order valence-electron chi connectivity index (χ2n) is 7.00. The van der Waals surface area contributed by atoms with E-state index in [-0.39, 0.29) is 6.10 Å². The molecule has 4 heterocycles. The van der Waals surface area contributed by atoms with E-state index in [9.17, 15) is 9.90 Å². The van der Waals surface area contributed by atoms with E-state index in [1.807, 2.05) is 0 Å². The highest BCUT2D eigenvalue weighted by Gasteiger charge is 2.48. The fourth-order valence-corrected chi connectivity index (χ4v) is 5.07. The predicted molar refractivity (Wildman–Crippen MR) is 71.6 cm³/mol. The van der Waals surface area contributed by atoms with Crippen LogP contribution in [-0.2, 0) is 4.79 Å². The van der Waals surface area contributed by atoms with Gasteiger partial charge in [0.05, 0.1) is 6.10 Å². The molecule has 0 aromatic rings. The van der Waals surface area contributed by atoms with Crippen LogP contribution in [0.15, 0.2) is 0 Å². The fourth-order valence-electron chi connectivity index (χ4n) is 5.07. The molecule has 5 atom stereocenters. The van der Waals surface area contributed by atoms with Gasteiger partial charge in [0.25, 0.3) is 0 Å². The smallest absolute Gasteiger partial charge is 0.222 e. The first kappa shape index (κ1) is 12.2. The summed E-state index contributed by atoms with van der Waals surface area (Å²) in [6.45, 7) is 3.16. The first-order valence-electron chi connectivity index (χ1n) is 7.94. The Hall–Kier alpha value is -0.610. The molecular formula is C15H24N2O2. The minimum Gasteiger partial charge on any atom is -0.393 e. The lowest BCUT2D eigenvalue weighted by Crippen LogP contribution is -2.65. The molecule has 4 saturated heterocycles. The topological polar surface area (TPSA) is 43.8 Å². The summed E-state index contributed by atoms with van der Waals surface area (Å²) in [5.74, 6) is 1.68. The van der Waals surface area contributed by atoms with Gasteiger partial charge in [-0.25, -0.2) is 0 Å². The maximum atomic E-state index is 12.1. The maximum Gasteiger partial charge on any atom is 0.222 e. The normalized spacial score (nSPS) is 46.7. The van der Waals surface area contributed by atoms with Crippen LogP contribution in [0.5, 0.6) is 0 Å². The molecule has 0 saturated carbocycles. The lowest BCUT2D eigenvalue weighted by Gasteiger charge is -2.57. The summed E-state index contributed by atoms with van der Waals surface area (Å²) < 4.78 is 0. The maximum absolute atomic E-state index is 12.1. The minimum atomic E-state index is -0.118. The predicted octanol–water partition coefficient (Wildman–Crippen LogP) is 0.843. The number of carbonyl (C=O) groups excluding carboxylic acids is 1. The summed E-state index contributed by atoms with van der Waals surface area (Å²) in [5, 5.41) is 9.92. The van der Waals surface area contributed by atoms with Crippen molar-refractivity contribution in [3.63, 3.8) is 0 Å². The van der Waals surface area contributed by atoms with Gasteiger partial charge in [0.15, 0.2) is 0 Å². The van der Waals surface area contributed by atoms with E-state index in [4.69, 9.17) is 0 Å². The third-order valence-electron chi connectivity index (χ3n) is 5.94. The van der Waals surface area contributed by atoms with Gasteiger partial charge >= 0.3 is 0 Å². The summed E-state index contributed by atoms with van der Waals surface area (Å²) in [7, 11) is 0. The van der Waals surface area contributed by atoms with Crippen molar-refractivity contribution >= 4 is 5.91 Å². The number of carbonyl (C=O) groups is 1. The van der Waals surface area contributed by atoms with Crippen molar-refractivity contribution in [2.24, 2.45) is 11.8 Å². The molecule has 4 aliphatic heterocycles. The Labute approximate surface area is 114 Å². The molecule has 106 valence electrons. The van der Waals surface area contributed by atoms with Crippen LogP contribution in [0.4, 0.5) is 0 Å². The van der Waals surface area contributed by atoms with E-state index < -0.39 is 0 Å². The third-order valence-corrected chi connectivity index (χ3v) is 5.94. The molecule has 2 bridgehead atoms. The Balaban J connectivity index is 1.58. The van der Waals surface area contributed by atoms with E-state index in [2.05, 4.69) is 9.80 Å². The molecule has 0 aliphatic carbocycles. The summed E-state index contributed by atoms with van der Waals surface area (Å²) in [6, 6.07) is 1.04. The lowest BCUT2D eigenvalue weighted by atomic mass is 9.70. The van der Waals surface area contributed by atoms with Crippen molar-refractivity contribution < 1.29 is 9.90 Å². The Morgan fingerprint density at radius 3 is 2.79 bits per heavy atom. The number of aliphatic hydroxyl groups is 1. The standard InChI is InChI=1S/C15H24N2O2/c18-12-4-5-16-8-10-6-11(14(16)7-12)9-17-13(10)2-1-3-15(17)19/h10-14,18H,1-9H2/t10-,11-,12+,13-,14+/m1/s1. The van der Waals surface area contributed by atoms with Crippen LogP contribution >= 0.6 is 0 Å². The van der Waals surface area contributed by atoms with Gasteiger partial charge in [-0.15, -0.1) is 0 Å². The number of fused-ring (bicyclic) bond motifs is 6. The summed E-state index contributed by atoms with van der Waals surface area (Å²) in [6.07, 6.45) is 6.07. The number of aliphatic hydroxyl groups excluding tert-OH is 1. The van der Waals surface area contributed by atoms with Crippen LogP contribution in [0.2, 0.25) is 0 Å². The van der Waals surface area contributed by atoms with Gasteiger partial charge in [0.2, 0.25) is 5.91 Å². The van der Waals surface area contributed by atoms with Gasteiger partial charge in [-0.2, -0.15) is 0 Å². The molecular weight excluding hydrogens is 240 g/mol. The van der Waals surface area contributed by atoms with Gasteiger partial charge < -0.3 is 10.0 Å². The first-order chi connectivity index (χ1) is 9.22. The highest BCUT2D eigenvalue weighted by Crippen LogP contribution is 2.42. The van der Waals surface area contributed by atoms with Crippen LogP contribution in [0.25, 0.3) is 0 Å². The molecule has 19 heavy (non-hydrogen) atoms. The molecule has 0 aromatic carbocycles. The molecule has 1 N–H and O–H groups in total. The van der Waals surface area contributed by atoms with Gasteiger partial charge in [-0.05, 0) is 43.9 Å². The quantitative estimate of drug-likeness (QED) is 0.705. The lowest BCUT2D eigenvalue weighted by molar-refractivity contribution is -0.150. The van der Waals surface area contributed by atoms with Crippen molar-refractivity contribution in [3.8, 4) is 0 Å². The van der Waals surface area contributed by atoms with Crippen molar-refractivity contribution in [3.05, 3.63) is 0 Å². The molecule has 0 unspecified atom stereocenters. The summed E-state index contributed by atoms with van der Waals surface area (Å²) >= 11 is 0. The number of nitrogens with zero attached hydrogens (tertiary/aromatic N) is 2. The Bertz CT molecular complexity index is 386. The number of rotatable bonds is 0. The van der Waals surface area contributed by atoms with Crippen LogP contribution in [-0.4, -0.2) is 58.6 Å². The number of piperidine rings is 4. The number of hydrogen-bond donors (Lipinski definition) is 1. The van der Waals surface area contributed by atoms with E-state index in [0.29, 0.717) is 29.8 Å². The molecule has 0 radical (unpaired) electrons. The first-order valence-corrected chi connectivity index (χ1v) is 7.94. The third kappa shape index (κ3) is 1.91. The zero-order valence-electron chi connectivity index (χ0n) is 11.5. The minimum absolute atomic E-state index is 0.118. The van der Waals surface area contributed by atoms with Crippen molar-refractivity contribution in [1.82, 2.24) is 9.80 Å². The second-order valence-corrected chi connectivity index (χ2v) is 7.00. The average Bonchev–Trinajstić information content (AvgIpc) is 2.41. The monoisotopic (exact) mass is 264 g/mol. The highest BCUT2D eigenvalue weighted by molar-refractivity contribution is 5.77. The van der Waals surface area contributed by atoms with Crippen molar-refractivity contribution in [2.45, 2.75) is 56.7 Å². The molecule has 4 heteroatoms. The second kappa shape index (κ2) is 4.45. The van der Waals surface area contributed by atoms with E-state index >= 15 is 0 Å². The van der Waals surface area contributed by atoms with Crippen molar-refractivity contribution in [1.29, 1.82) is 0 Å². The number of hydrogen-bond acceptors (Lipinski definition) is 3. The van der Waals surface area contributed by atoms with Crippen LogP contribution < -0.4 is 0 Å². The Morgan fingerprint density at radius 1 is 1.05 bits per heavy atom. The van der Waals surface area contributed by atoms with E-state index in [0.717, 1.165) is 45.3 Å². The largest absolute Gasteiger partial charge is 0.393 e. The van der Waals surface area contributed by atoms with Crippen LogP contribution in [0, 0.1) is 11.8 Å². The van der Waals surface area contributed by atoms with Gasteiger partial charge in [-0.1, -0.05) is 0 Å². The summed E-state index contributed by atoms with van der Waals surface area (Å²) in [5.41, 5.74) is 0. The Kier molecular flexibility index (Phi) is 2.85. The van der Waals surface area contributed by atoms with Crippen LogP contribution in [0.3, 0.4) is 0 Å². The zero-order valence-corrected chi connectivity index (χ0v) is 11.5. The Morgan fingerprint density at radius 2 is 1.89 bits per heavy atom. The molecule has 1 amide bonds. The molecule has 0 spiro atoms. The van der Waals surface area contributed by atoms with E-state index in [1.54, 1.807) is 0 Å². The van der Waals surface area contributed by atoms with Gasteiger partial charge in [-0.3, -0.25) is 9.69 Å².